The summed E-state index contributed by atoms with van der Waals surface area (Å²) in [5.74, 6) is -0.211. The highest BCUT2D eigenvalue weighted by atomic mass is 16.5. The molecule has 0 saturated carbocycles. The molecule has 4 heteroatoms. The summed E-state index contributed by atoms with van der Waals surface area (Å²) >= 11 is 0. The monoisotopic (exact) mass is 287 g/mol. The van der Waals surface area contributed by atoms with E-state index in [0.717, 1.165) is 5.69 Å². The minimum Gasteiger partial charge on any atom is -0.463 e. The Bertz CT molecular complexity index is 636. The van der Waals surface area contributed by atoms with Gasteiger partial charge in [-0.15, -0.1) is 0 Å². The number of rotatable bonds is 4. The van der Waals surface area contributed by atoms with Crippen LogP contribution in [0.15, 0.2) is 30.9 Å². The van der Waals surface area contributed by atoms with Gasteiger partial charge in [0.2, 0.25) is 6.33 Å². The van der Waals surface area contributed by atoms with E-state index >= 15 is 0 Å². The summed E-state index contributed by atoms with van der Waals surface area (Å²) in [5, 5.41) is 0. The van der Waals surface area contributed by atoms with Crippen molar-refractivity contribution in [1.82, 2.24) is 4.57 Å². The topological polar surface area (TPSA) is 35.1 Å². The molecule has 0 fully saturated rings. The highest BCUT2D eigenvalue weighted by molar-refractivity contribution is 5.71. The minimum absolute atomic E-state index is 0.211. The van der Waals surface area contributed by atoms with Crippen LogP contribution in [0.5, 0.6) is 0 Å². The summed E-state index contributed by atoms with van der Waals surface area (Å²) in [4.78, 5) is 11.8. The van der Waals surface area contributed by atoms with Crippen LogP contribution >= 0.6 is 0 Å². The van der Waals surface area contributed by atoms with E-state index < -0.39 is 0 Å². The van der Waals surface area contributed by atoms with Crippen molar-refractivity contribution in [2.75, 3.05) is 6.61 Å². The van der Waals surface area contributed by atoms with Crippen molar-refractivity contribution in [3.05, 3.63) is 47.5 Å². The third-order valence-electron chi connectivity index (χ3n) is 3.63. The number of ether oxygens (including phenoxy) is 1. The molecule has 1 atom stereocenters. The standard InChI is InChI=1S/C17H23N2O2/c1-6-21-17(20)15(5)18-7-8-19(11-18)16-13(3)9-12(2)10-14(16)4/h7-11,15H,6H2,1-5H3/q+1. The highest BCUT2D eigenvalue weighted by Gasteiger charge is 2.22. The molecule has 0 aliphatic carbocycles. The Hall–Kier alpha value is -2.10. The van der Waals surface area contributed by atoms with Gasteiger partial charge in [-0.3, -0.25) is 0 Å². The predicted octanol–water partition coefficient (Wildman–Crippen LogP) is 2.81. The third-order valence-corrected chi connectivity index (χ3v) is 3.63. The molecule has 1 heterocycles. The van der Waals surface area contributed by atoms with Crippen molar-refractivity contribution in [2.45, 2.75) is 40.7 Å². The second-order valence-corrected chi connectivity index (χ2v) is 5.44. The predicted molar refractivity (Wildman–Crippen MR) is 81.5 cm³/mol. The van der Waals surface area contributed by atoms with Gasteiger partial charge in [-0.25, -0.2) is 13.9 Å². The maximum atomic E-state index is 11.8. The molecule has 21 heavy (non-hydrogen) atoms. The van der Waals surface area contributed by atoms with Crippen molar-refractivity contribution in [1.29, 1.82) is 0 Å². The molecule has 0 saturated heterocycles. The average Bonchev–Trinajstić information content (AvgIpc) is 2.86. The molecule has 0 aliphatic heterocycles. The zero-order valence-corrected chi connectivity index (χ0v) is 13.4. The number of carbonyl (C=O) groups excluding carboxylic acids is 1. The van der Waals surface area contributed by atoms with E-state index in [9.17, 15) is 4.79 Å². The molecule has 0 radical (unpaired) electrons. The highest BCUT2D eigenvalue weighted by Crippen LogP contribution is 2.20. The van der Waals surface area contributed by atoms with Crippen molar-refractivity contribution < 1.29 is 14.1 Å². The molecule has 0 amide bonds. The second kappa shape index (κ2) is 6.12. The van der Waals surface area contributed by atoms with Crippen LogP contribution in [0.4, 0.5) is 0 Å². The Labute approximate surface area is 126 Å². The van der Waals surface area contributed by atoms with Crippen LogP contribution in [0, 0.1) is 20.8 Å². The molecular formula is C17H23N2O2+. The van der Waals surface area contributed by atoms with E-state index in [1.165, 1.54) is 16.7 Å². The van der Waals surface area contributed by atoms with Gasteiger partial charge in [0.15, 0.2) is 6.04 Å². The Morgan fingerprint density at radius 3 is 2.48 bits per heavy atom. The lowest BCUT2D eigenvalue weighted by Crippen LogP contribution is -2.41. The number of esters is 1. The number of aryl methyl sites for hydroxylation is 3. The first kappa shape index (κ1) is 15.3. The van der Waals surface area contributed by atoms with E-state index in [1.807, 2.05) is 37.1 Å². The van der Waals surface area contributed by atoms with Gasteiger partial charge in [0, 0.05) is 0 Å². The van der Waals surface area contributed by atoms with Gasteiger partial charge in [-0.1, -0.05) is 17.7 Å². The Morgan fingerprint density at radius 2 is 1.90 bits per heavy atom. The van der Waals surface area contributed by atoms with Gasteiger partial charge < -0.3 is 4.74 Å². The first-order valence-electron chi connectivity index (χ1n) is 7.27. The van der Waals surface area contributed by atoms with Crippen LogP contribution in [0.25, 0.3) is 5.69 Å². The maximum Gasteiger partial charge on any atom is 0.351 e. The molecule has 112 valence electrons. The number of imidazole rings is 1. The molecule has 2 rings (SSSR count). The number of aromatic nitrogens is 2. The van der Waals surface area contributed by atoms with E-state index in [0.29, 0.717) is 6.61 Å². The first-order chi connectivity index (χ1) is 9.93. The number of carbonyl (C=O) groups is 1. The minimum atomic E-state index is -0.322. The van der Waals surface area contributed by atoms with Crippen LogP contribution in [-0.2, 0) is 9.53 Å². The summed E-state index contributed by atoms with van der Waals surface area (Å²) < 4.78 is 8.99. The quantitative estimate of drug-likeness (QED) is 0.640. The average molecular weight is 287 g/mol. The first-order valence-corrected chi connectivity index (χ1v) is 7.27. The summed E-state index contributed by atoms with van der Waals surface area (Å²) in [6.45, 7) is 10.4. The van der Waals surface area contributed by atoms with E-state index in [1.54, 1.807) is 0 Å². The largest absolute Gasteiger partial charge is 0.463 e. The van der Waals surface area contributed by atoms with Crippen molar-refractivity contribution in [3.8, 4) is 5.69 Å². The van der Waals surface area contributed by atoms with E-state index in [4.69, 9.17) is 4.74 Å². The smallest absolute Gasteiger partial charge is 0.351 e. The molecular weight excluding hydrogens is 264 g/mol. The van der Waals surface area contributed by atoms with Gasteiger partial charge in [0.25, 0.3) is 0 Å². The fourth-order valence-electron chi connectivity index (χ4n) is 2.70. The van der Waals surface area contributed by atoms with Crippen LogP contribution in [0.1, 0.15) is 36.6 Å². The zero-order chi connectivity index (χ0) is 15.6. The van der Waals surface area contributed by atoms with Crippen molar-refractivity contribution in [2.24, 2.45) is 0 Å². The van der Waals surface area contributed by atoms with Crippen molar-refractivity contribution in [3.63, 3.8) is 0 Å². The lowest BCUT2D eigenvalue weighted by Gasteiger charge is -2.08. The van der Waals surface area contributed by atoms with Crippen LogP contribution in [0.3, 0.4) is 0 Å². The Balaban J connectivity index is 2.35. The molecule has 1 aromatic heterocycles. The number of hydrogen-bond acceptors (Lipinski definition) is 2. The lowest BCUT2D eigenvalue weighted by atomic mass is 10.1. The van der Waals surface area contributed by atoms with Gasteiger partial charge in [0.05, 0.1) is 6.61 Å². The third kappa shape index (κ3) is 3.15. The van der Waals surface area contributed by atoms with E-state index in [-0.39, 0.29) is 12.0 Å². The Morgan fingerprint density at radius 1 is 1.29 bits per heavy atom. The fraction of sp³-hybridized carbons (Fsp3) is 0.412. The molecule has 0 aliphatic rings. The van der Waals surface area contributed by atoms with Gasteiger partial charge >= 0.3 is 5.97 Å². The summed E-state index contributed by atoms with van der Waals surface area (Å²) in [7, 11) is 0. The molecule has 0 bridgehead atoms. The molecule has 1 aromatic carbocycles. The summed E-state index contributed by atoms with van der Waals surface area (Å²) in [6.07, 6.45) is 5.81. The lowest BCUT2D eigenvalue weighted by molar-refractivity contribution is -0.706. The maximum absolute atomic E-state index is 11.8. The molecule has 0 spiro atoms. The number of hydrogen-bond donors (Lipinski definition) is 0. The van der Waals surface area contributed by atoms with Crippen molar-refractivity contribution >= 4 is 5.97 Å². The summed E-state index contributed by atoms with van der Waals surface area (Å²) in [5.41, 5.74) is 4.86. The summed E-state index contributed by atoms with van der Waals surface area (Å²) in [6, 6.07) is 4.01. The van der Waals surface area contributed by atoms with Gasteiger partial charge in [0.1, 0.15) is 18.1 Å². The molecule has 2 aromatic rings. The van der Waals surface area contributed by atoms with Crippen LogP contribution < -0.4 is 4.57 Å². The van der Waals surface area contributed by atoms with Gasteiger partial charge in [-0.05, 0) is 45.7 Å². The second-order valence-electron chi connectivity index (χ2n) is 5.44. The van der Waals surface area contributed by atoms with Crippen LogP contribution in [-0.4, -0.2) is 17.1 Å². The van der Waals surface area contributed by atoms with Gasteiger partial charge in [-0.2, -0.15) is 0 Å². The van der Waals surface area contributed by atoms with Crippen LogP contribution in [0.2, 0.25) is 0 Å². The zero-order valence-electron chi connectivity index (χ0n) is 13.4. The Kier molecular flexibility index (Phi) is 4.46. The normalized spacial score (nSPS) is 12.2. The van der Waals surface area contributed by atoms with E-state index in [2.05, 4.69) is 37.5 Å². The number of benzene rings is 1. The molecule has 1 unspecified atom stereocenters. The number of nitrogens with zero attached hydrogens (tertiary/aromatic N) is 2. The molecule has 4 nitrogen and oxygen atoms in total. The molecule has 0 N–H and O–H groups in total. The SMILES string of the molecule is CCOC(=O)C(C)[n+]1ccn(-c2c(C)cc(C)cc2C)c1. The fourth-order valence-corrected chi connectivity index (χ4v) is 2.70.